The molecule has 3 rings (SSSR count). The van der Waals surface area contributed by atoms with Gasteiger partial charge in [-0.25, -0.2) is 0 Å². The maximum atomic E-state index is 12.4. The monoisotopic (exact) mass is 390 g/mol. The third-order valence-corrected chi connectivity index (χ3v) is 5.85. The molecule has 8 nitrogen and oxygen atoms in total. The third kappa shape index (κ3) is 6.07. The Hall–Kier alpha value is -2.38. The molecule has 2 amide bonds. The molecule has 2 saturated carbocycles. The molecule has 2 fully saturated rings. The molecule has 1 heterocycles. The van der Waals surface area contributed by atoms with Gasteiger partial charge < -0.3 is 15.7 Å². The van der Waals surface area contributed by atoms with Crippen LogP contribution in [0.15, 0.2) is 12.3 Å². The second-order valence-electron chi connectivity index (χ2n) is 8.11. The molecule has 0 bridgehead atoms. The van der Waals surface area contributed by atoms with Crippen LogP contribution in [-0.2, 0) is 20.9 Å². The van der Waals surface area contributed by atoms with Crippen molar-refractivity contribution in [2.24, 2.45) is 11.8 Å². The van der Waals surface area contributed by atoms with E-state index in [0.717, 1.165) is 25.7 Å². The van der Waals surface area contributed by atoms with Crippen LogP contribution in [0, 0.1) is 11.8 Å². The highest BCUT2D eigenvalue weighted by atomic mass is 16.4. The number of hydrogen-bond donors (Lipinski definition) is 3. The number of aromatic nitrogens is 2. The molecular weight excluding hydrogens is 360 g/mol. The molecule has 0 saturated heterocycles. The van der Waals surface area contributed by atoms with Gasteiger partial charge in [0.1, 0.15) is 6.54 Å². The Balaban J connectivity index is 1.38. The molecule has 0 unspecified atom stereocenters. The van der Waals surface area contributed by atoms with Gasteiger partial charge >= 0.3 is 5.97 Å². The summed E-state index contributed by atoms with van der Waals surface area (Å²) >= 11 is 0. The van der Waals surface area contributed by atoms with Gasteiger partial charge in [-0.2, -0.15) is 5.10 Å². The van der Waals surface area contributed by atoms with Crippen molar-refractivity contribution in [3.05, 3.63) is 12.3 Å². The average Bonchev–Trinajstić information content (AvgIpc) is 3.09. The molecule has 1 aromatic rings. The highest BCUT2D eigenvalue weighted by Gasteiger charge is 2.28. The predicted molar refractivity (Wildman–Crippen MR) is 104 cm³/mol. The number of carbonyl (C=O) groups excluding carboxylic acids is 2. The van der Waals surface area contributed by atoms with E-state index in [4.69, 9.17) is 5.11 Å². The van der Waals surface area contributed by atoms with Crippen LogP contribution in [0.25, 0.3) is 0 Å². The zero-order valence-electron chi connectivity index (χ0n) is 16.2. The van der Waals surface area contributed by atoms with Gasteiger partial charge in [0.25, 0.3) is 0 Å². The molecule has 154 valence electrons. The maximum absolute atomic E-state index is 12.4. The van der Waals surface area contributed by atoms with Crippen LogP contribution >= 0.6 is 0 Å². The number of rotatable bonds is 7. The molecule has 0 atom stereocenters. The number of aliphatic carboxylic acids is 1. The van der Waals surface area contributed by atoms with E-state index in [9.17, 15) is 14.4 Å². The lowest BCUT2D eigenvalue weighted by atomic mass is 9.84. The Bertz CT molecular complexity index is 688. The highest BCUT2D eigenvalue weighted by Crippen LogP contribution is 2.28. The van der Waals surface area contributed by atoms with Crippen LogP contribution < -0.4 is 10.6 Å². The van der Waals surface area contributed by atoms with E-state index in [2.05, 4.69) is 15.7 Å². The fourth-order valence-electron chi connectivity index (χ4n) is 4.32. The summed E-state index contributed by atoms with van der Waals surface area (Å²) in [7, 11) is 0. The van der Waals surface area contributed by atoms with E-state index < -0.39 is 5.97 Å². The average molecular weight is 390 g/mol. The lowest BCUT2D eigenvalue weighted by molar-refractivity contribution is -0.138. The van der Waals surface area contributed by atoms with Crippen molar-refractivity contribution in [3.8, 4) is 0 Å². The van der Waals surface area contributed by atoms with Crippen molar-refractivity contribution in [2.75, 3.05) is 5.32 Å². The van der Waals surface area contributed by atoms with Crippen molar-refractivity contribution in [3.63, 3.8) is 0 Å². The number of hydrogen-bond acceptors (Lipinski definition) is 4. The first kappa shape index (κ1) is 20.4. The molecule has 28 heavy (non-hydrogen) atoms. The number of nitrogens with zero attached hydrogens (tertiary/aromatic N) is 2. The molecule has 0 radical (unpaired) electrons. The number of carbonyl (C=O) groups is 3. The first-order chi connectivity index (χ1) is 13.5. The Morgan fingerprint density at radius 1 is 1.07 bits per heavy atom. The summed E-state index contributed by atoms with van der Waals surface area (Å²) in [5.41, 5.74) is 0. The van der Waals surface area contributed by atoms with E-state index >= 15 is 0 Å². The molecular formula is C20H30N4O4. The normalized spacial score (nSPS) is 23.1. The Labute approximate surface area is 165 Å². The van der Waals surface area contributed by atoms with E-state index in [1.54, 1.807) is 6.07 Å². The summed E-state index contributed by atoms with van der Waals surface area (Å²) in [5.74, 6) is -0.108. The van der Waals surface area contributed by atoms with Crippen molar-refractivity contribution in [2.45, 2.75) is 76.8 Å². The van der Waals surface area contributed by atoms with Gasteiger partial charge in [-0.1, -0.05) is 19.3 Å². The zero-order chi connectivity index (χ0) is 19.9. The Morgan fingerprint density at radius 2 is 1.79 bits per heavy atom. The van der Waals surface area contributed by atoms with E-state index in [1.165, 1.54) is 43.0 Å². The van der Waals surface area contributed by atoms with Gasteiger partial charge in [-0.05, 0) is 44.4 Å². The van der Waals surface area contributed by atoms with Crippen molar-refractivity contribution < 1.29 is 19.5 Å². The number of anilines is 1. The van der Waals surface area contributed by atoms with Crippen LogP contribution in [0.5, 0.6) is 0 Å². The molecule has 8 heteroatoms. The summed E-state index contributed by atoms with van der Waals surface area (Å²) in [4.78, 5) is 35.4. The molecule has 0 aliphatic heterocycles. The summed E-state index contributed by atoms with van der Waals surface area (Å²) < 4.78 is 1.27. The summed E-state index contributed by atoms with van der Waals surface area (Å²) in [6.07, 6.45) is 11.4. The van der Waals surface area contributed by atoms with Gasteiger partial charge in [0.15, 0.2) is 5.82 Å². The summed E-state index contributed by atoms with van der Waals surface area (Å²) in [6.45, 7) is -0.235. The SMILES string of the molecule is O=C(O)Cn1ccc(NC(=O)C2CCC(NC(=O)CC3CCCCC3)CC2)n1. The van der Waals surface area contributed by atoms with Gasteiger partial charge in [0, 0.05) is 30.6 Å². The van der Waals surface area contributed by atoms with Gasteiger partial charge in [-0.3, -0.25) is 19.1 Å². The van der Waals surface area contributed by atoms with Gasteiger partial charge in [0.2, 0.25) is 11.8 Å². The minimum absolute atomic E-state index is 0.0902. The molecule has 2 aliphatic rings. The van der Waals surface area contributed by atoms with Crippen molar-refractivity contribution >= 4 is 23.6 Å². The van der Waals surface area contributed by atoms with E-state index in [-0.39, 0.29) is 30.3 Å². The molecule has 1 aromatic heterocycles. The maximum Gasteiger partial charge on any atom is 0.325 e. The van der Waals surface area contributed by atoms with E-state index in [1.807, 2.05) is 0 Å². The Morgan fingerprint density at radius 3 is 2.46 bits per heavy atom. The number of carboxylic acid groups (broad SMARTS) is 1. The van der Waals surface area contributed by atoms with E-state index in [0.29, 0.717) is 18.2 Å². The van der Waals surface area contributed by atoms with Crippen LogP contribution in [0.1, 0.15) is 64.2 Å². The summed E-state index contributed by atoms with van der Waals surface area (Å²) in [6, 6.07) is 1.76. The first-order valence-electron chi connectivity index (χ1n) is 10.3. The standard InChI is InChI=1S/C20H30N4O4/c25-18(12-14-4-2-1-3-5-14)21-16-8-6-15(7-9-16)20(28)22-17-10-11-24(23-17)13-19(26)27/h10-11,14-16H,1-9,12-13H2,(H,21,25)(H,26,27)(H,22,23,28). The second kappa shape index (κ2) is 9.71. The molecule has 0 spiro atoms. The third-order valence-electron chi connectivity index (χ3n) is 5.85. The van der Waals surface area contributed by atoms with Crippen molar-refractivity contribution in [1.29, 1.82) is 0 Å². The predicted octanol–water partition coefficient (Wildman–Crippen LogP) is 2.55. The minimum Gasteiger partial charge on any atom is -0.480 e. The van der Waals surface area contributed by atoms with Gasteiger partial charge in [0.05, 0.1) is 0 Å². The number of nitrogens with one attached hydrogen (secondary N) is 2. The zero-order valence-corrected chi connectivity index (χ0v) is 16.2. The van der Waals surface area contributed by atoms with Crippen LogP contribution in [0.4, 0.5) is 5.82 Å². The topological polar surface area (TPSA) is 113 Å². The minimum atomic E-state index is -0.982. The van der Waals surface area contributed by atoms with Crippen molar-refractivity contribution in [1.82, 2.24) is 15.1 Å². The van der Waals surface area contributed by atoms with Crippen LogP contribution in [0.2, 0.25) is 0 Å². The smallest absolute Gasteiger partial charge is 0.325 e. The molecule has 0 aromatic carbocycles. The fraction of sp³-hybridized carbons (Fsp3) is 0.700. The van der Waals surface area contributed by atoms with Crippen LogP contribution in [-0.4, -0.2) is 38.7 Å². The summed E-state index contributed by atoms with van der Waals surface area (Å²) in [5, 5.41) is 18.7. The van der Waals surface area contributed by atoms with Crippen LogP contribution in [0.3, 0.4) is 0 Å². The number of amides is 2. The fourth-order valence-corrected chi connectivity index (χ4v) is 4.32. The van der Waals surface area contributed by atoms with Gasteiger partial charge in [-0.15, -0.1) is 0 Å². The molecule has 3 N–H and O–H groups in total. The molecule has 2 aliphatic carbocycles. The second-order valence-corrected chi connectivity index (χ2v) is 8.11. The highest BCUT2D eigenvalue weighted by molar-refractivity contribution is 5.91. The lowest BCUT2D eigenvalue weighted by Gasteiger charge is -2.29. The lowest BCUT2D eigenvalue weighted by Crippen LogP contribution is -2.40. The largest absolute Gasteiger partial charge is 0.480 e. The Kier molecular flexibility index (Phi) is 7.06. The first-order valence-corrected chi connectivity index (χ1v) is 10.3. The number of carboxylic acids is 1. The quantitative estimate of drug-likeness (QED) is 0.662.